The molecule has 0 aliphatic carbocycles. The molecular formula is C18H14BrNO4. The van der Waals surface area contributed by atoms with Crippen molar-refractivity contribution in [2.75, 3.05) is 6.79 Å². The molecule has 6 heteroatoms. The highest BCUT2D eigenvalue weighted by Gasteiger charge is 2.13. The summed E-state index contributed by atoms with van der Waals surface area (Å²) in [5.74, 6) is 0.812. The fourth-order valence-electron chi connectivity index (χ4n) is 2.16. The number of ether oxygens (including phenoxy) is 2. The normalized spacial score (nSPS) is 12.4. The Hall–Kier alpha value is -2.60. The van der Waals surface area contributed by atoms with Gasteiger partial charge in [-0.25, -0.2) is 0 Å². The summed E-state index contributed by atoms with van der Waals surface area (Å²) in [7, 11) is 0. The van der Waals surface area contributed by atoms with Crippen LogP contribution in [0, 0.1) is 0 Å². The molecule has 2 aromatic rings. The fourth-order valence-corrected chi connectivity index (χ4v) is 2.43. The van der Waals surface area contributed by atoms with Gasteiger partial charge in [0.1, 0.15) is 0 Å². The van der Waals surface area contributed by atoms with Crippen molar-refractivity contribution in [3.63, 3.8) is 0 Å². The van der Waals surface area contributed by atoms with Crippen LogP contribution in [-0.2, 0) is 11.3 Å². The summed E-state index contributed by atoms with van der Waals surface area (Å²) >= 11 is 3.31. The van der Waals surface area contributed by atoms with Gasteiger partial charge in [0.15, 0.2) is 17.3 Å². The van der Waals surface area contributed by atoms with Gasteiger partial charge in [-0.2, -0.15) is 0 Å². The molecule has 1 heterocycles. The summed E-state index contributed by atoms with van der Waals surface area (Å²) in [4.78, 5) is 23.8. The second-order valence-corrected chi connectivity index (χ2v) is 6.03. The van der Waals surface area contributed by atoms with E-state index in [0.717, 1.165) is 10.0 Å². The van der Waals surface area contributed by atoms with Crippen molar-refractivity contribution >= 4 is 27.6 Å². The number of fused-ring (bicyclic) bond motifs is 1. The number of benzene rings is 2. The summed E-state index contributed by atoms with van der Waals surface area (Å²) in [6.07, 6.45) is 2.50. The van der Waals surface area contributed by atoms with Gasteiger partial charge >= 0.3 is 0 Å². The Labute approximate surface area is 147 Å². The van der Waals surface area contributed by atoms with E-state index < -0.39 is 0 Å². The maximum atomic E-state index is 12.0. The summed E-state index contributed by atoms with van der Waals surface area (Å²) in [5, 5.41) is 2.72. The lowest BCUT2D eigenvalue weighted by Gasteiger charge is -2.04. The van der Waals surface area contributed by atoms with Crippen molar-refractivity contribution in [3.8, 4) is 11.5 Å². The number of allylic oxidation sites excluding steroid dienone is 1. The number of halogens is 1. The van der Waals surface area contributed by atoms with Crippen molar-refractivity contribution in [2.45, 2.75) is 6.54 Å². The fraction of sp³-hybridized carbons (Fsp3) is 0.111. The van der Waals surface area contributed by atoms with E-state index in [-0.39, 0.29) is 18.5 Å². The van der Waals surface area contributed by atoms with Crippen LogP contribution >= 0.6 is 15.9 Å². The minimum absolute atomic E-state index is 0.214. The monoisotopic (exact) mass is 387 g/mol. The Morgan fingerprint density at radius 2 is 1.79 bits per heavy atom. The summed E-state index contributed by atoms with van der Waals surface area (Å²) in [5.41, 5.74) is 1.42. The van der Waals surface area contributed by atoms with E-state index in [1.54, 1.807) is 30.3 Å². The van der Waals surface area contributed by atoms with Crippen LogP contribution in [0.15, 0.2) is 59.1 Å². The van der Waals surface area contributed by atoms with Crippen LogP contribution in [0.25, 0.3) is 0 Å². The van der Waals surface area contributed by atoms with Gasteiger partial charge < -0.3 is 14.8 Å². The number of rotatable bonds is 5. The highest BCUT2D eigenvalue weighted by atomic mass is 79.9. The van der Waals surface area contributed by atoms with Gasteiger partial charge in [-0.3, -0.25) is 9.59 Å². The summed E-state index contributed by atoms with van der Waals surface area (Å²) in [6, 6.07) is 12.4. The Balaban J connectivity index is 1.53. The van der Waals surface area contributed by atoms with E-state index in [4.69, 9.17) is 9.47 Å². The maximum Gasteiger partial charge on any atom is 0.244 e. The van der Waals surface area contributed by atoms with Crippen molar-refractivity contribution in [1.82, 2.24) is 5.32 Å². The predicted octanol–water partition coefficient (Wildman–Crippen LogP) is 3.23. The molecule has 1 aliphatic rings. The average Bonchev–Trinajstić information content (AvgIpc) is 3.06. The van der Waals surface area contributed by atoms with Crippen LogP contribution in [0.2, 0.25) is 0 Å². The third-order valence-electron chi connectivity index (χ3n) is 3.42. The summed E-state index contributed by atoms with van der Waals surface area (Å²) < 4.78 is 11.4. The molecule has 3 rings (SSSR count). The molecule has 122 valence electrons. The van der Waals surface area contributed by atoms with E-state index in [9.17, 15) is 9.59 Å². The van der Waals surface area contributed by atoms with Crippen LogP contribution < -0.4 is 14.8 Å². The highest BCUT2D eigenvalue weighted by Crippen LogP contribution is 2.32. The maximum absolute atomic E-state index is 12.0. The molecular weight excluding hydrogens is 374 g/mol. The number of hydrogen-bond acceptors (Lipinski definition) is 4. The van der Waals surface area contributed by atoms with Gasteiger partial charge in [0.05, 0.1) is 0 Å². The quantitative estimate of drug-likeness (QED) is 0.631. The van der Waals surface area contributed by atoms with E-state index >= 15 is 0 Å². The number of nitrogens with one attached hydrogen (secondary N) is 1. The van der Waals surface area contributed by atoms with E-state index in [1.807, 2.05) is 12.1 Å². The molecule has 1 amide bonds. The molecule has 1 N–H and O–H groups in total. The molecule has 0 spiro atoms. The van der Waals surface area contributed by atoms with E-state index in [2.05, 4.69) is 21.2 Å². The topological polar surface area (TPSA) is 64.6 Å². The minimum atomic E-state index is -0.335. The predicted molar refractivity (Wildman–Crippen MR) is 92.0 cm³/mol. The Bertz CT molecular complexity index is 799. The molecule has 0 saturated heterocycles. The highest BCUT2D eigenvalue weighted by molar-refractivity contribution is 9.10. The van der Waals surface area contributed by atoms with Crippen molar-refractivity contribution < 1.29 is 19.1 Å². The van der Waals surface area contributed by atoms with Crippen LogP contribution in [0.1, 0.15) is 15.9 Å². The van der Waals surface area contributed by atoms with Gasteiger partial charge in [-0.1, -0.05) is 22.0 Å². The zero-order chi connectivity index (χ0) is 16.9. The third kappa shape index (κ3) is 4.02. The number of carbonyl (C=O) groups is 2. The first kappa shape index (κ1) is 16.3. The van der Waals surface area contributed by atoms with Crippen LogP contribution in [0.5, 0.6) is 11.5 Å². The number of amides is 1. The molecule has 1 aliphatic heterocycles. The molecule has 0 aromatic heterocycles. The minimum Gasteiger partial charge on any atom is -0.454 e. The first-order valence-electron chi connectivity index (χ1n) is 7.26. The molecule has 0 atom stereocenters. The second-order valence-electron chi connectivity index (χ2n) is 5.11. The number of ketones is 1. The van der Waals surface area contributed by atoms with Gasteiger partial charge in [-0.05, 0) is 48.0 Å². The Morgan fingerprint density at radius 1 is 1.04 bits per heavy atom. The second kappa shape index (κ2) is 7.31. The van der Waals surface area contributed by atoms with Crippen LogP contribution in [0.3, 0.4) is 0 Å². The smallest absolute Gasteiger partial charge is 0.244 e. The lowest BCUT2D eigenvalue weighted by Crippen LogP contribution is -2.20. The molecule has 0 radical (unpaired) electrons. The van der Waals surface area contributed by atoms with E-state index in [1.165, 1.54) is 12.2 Å². The van der Waals surface area contributed by atoms with Gasteiger partial charge in [-0.15, -0.1) is 0 Å². The van der Waals surface area contributed by atoms with Gasteiger partial charge in [0.2, 0.25) is 12.7 Å². The SMILES string of the molecule is O=C(/C=C/C(=O)c1ccc(Br)cc1)NCc1ccc2c(c1)OCO2. The van der Waals surface area contributed by atoms with Crippen LogP contribution in [-0.4, -0.2) is 18.5 Å². The van der Waals surface area contributed by atoms with Crippen molar-refractivity contribution in [3.05, 3.63) is 70.2 Å². The molecule has 0 saturated carbocycles. The molecule has 24 heavy (non-hydrogen) atoms. The lowest BCUT2D eigenvalue weighted by atomic mass is 10.1. The average molecular weight is 388 g/mol. The number of carbonyl (C=O) groups excluding carboxylic acids is 2. The molecule has 0 bridgehead atoms. The lowest BCUT2D eigenvalue weighted by molar-refractivity contribution is -0.116. The first-order valence-corrected chi connectivity index (χ1v) is 8.05. The number of hydrogen-bond donors (Lipinski definition) is 1. The van der Waals surface area contributed by atoms with Crippen LogP contribution in [0.4, 0.5) is 0 Å². The zero-order valence-electron chi connectivity index (χ0n) is 12.6. The van der Waals surface area contributed by atoms with Gasteiger partial charge in [0, 0.05) is 22.7 Å². The summed E-state index contributed by atoms with van der Waals surface area (Å²) in [6.45, 7) is 0.554. The zero-order valence-corrected chi connectivity index (χ0v) is 14.2. The third-order valence-corrected chi connectivity index (χ3v) is 3.95. The Morgan fingerprint density at radius 3 is 2.58 bits per heavy atom. The molecule has 5 nitrogen and oxygen atoms in total. The first-order chi connectivity index (χ1) is 11.6. The van der Waals surface area contributed by atoms with Gasteiger partial charge in [0.25, 0.3) is 0 Å². The molecule has 0 fully saturated rings. The van der Waals surface area contributed by atoms with Crippen molar-refractivity contribution in [1.29, 1.82) is 0 Å². The largest absolute Gasteiger partial charge is 0.454 e. The van der Waals surface area contributed by atoms with Crippen molar-refractivity contribution in [2.24, 2.45) is 0 Å². The molecule has 2 aromatic carbocycles. The van der Waals surface area contributed by atoms with E-state index in [0.29, 0.717) is 23.6 Å². The molecule has 0 unspecified atom stereocenters. The standard InChI is InChI=1S/C18H14BrNO4/c19-14-4-2-13(3-5-14)15(21)6-8-18(22)20-10-12-1-7-16-17(9-12)24-11-23-16/h1-9H,10-11H2,(H,20,22)/b8-6+. The Kier molecular flexibility index (Phi) is 4.96.